The molecule has 9 aromatic carbocycles. The Balaban J connectivity index is 0.938. The quantitative estimate of drug-likeness (QED) is 0.129. The average Bonchev–Trinajstić information content (AvgIpc) is 3.41. The van der Waals surface area contributed by atoms with Gasteiger partial charge in [0.05, 0.1) is 0 Å². The van der Waals surface area contributed by atoms with E-state index in [0.717, 1.165) is 67.5 Å². The summed E-state index contributed by atoms with van der Waals surface area (Å²) in [6, 6.07) is 80.0. The third-order valence-electron chi connectivity index (χ3n) is 13.5. The molecular formula is C61H48N3OP. The van der Waals surface area contributed by atoms with Gasteiger partial charge < -0.3 is 4.57 Å². The van der Waals surface area contributed by atoms with E-state index in [1.807, 2.05) is 66.7 Å². The molecule has 0 N–H and O–H groups in total. The van der Waals surface area contributed by atoms with Crippen LogP contribution >= 0.6 is 7.14 Å². The van der Waals surface area contributed by atoms with Crippen molar-refractivity contribution in [2.45, 2.75) is 37.5 Å². The first-order valence-corrected chi connectivity index (χ1v) is 24.7. The molecule has 0 bridgehead atoms. The molecule has 1 heterocycles. The number of benzene rings is 9. The lowest BCUT2D eigenvalue weighted by molar-refractivity contribution is 0.346. The van der Waals surface area contributed by atoms with Gasteiger partial charge in [-0.05, 0) is 63.1 Å². The molecular weight excluding hydrogens is 822 g/mol. The maximum Gasteiger partial charge on any atom is 0.171 e. The van der Waals surface area contributed by atoms with E-state index in [4.69, 9.17) is 15.0 Å². The Kier molecular flexibility index (Phi) is 11.1. The van der Waals surface area contributed by atoms with Crippen LogP contribution in [0.3, 0.4) is 0 Å². The van der Waals surface area contributed by atoms with Crippen molar-refractivity contribution in [2.75, 3.05) is 0 Å². The highest BCUT2D eigenvalue weighted by atomic mass is 31.2. The van der Waals surface area contributed by atoms with Crippen LogP contribution in [0.15, 0.2) is 231 Å². The number of aromatic nitrogens is 3. The van der Waals surface area contributed by atoms with Crippen molar-refractivity contribution in [3.63, 3.8) is 0 Å². The Labute approximate surface area is 387 Å². The molecule has 0 saturated heterocycles. The highest BCUT2D eigenvalue weighted by molar-refractivity contribution is 7.85. The van der Waals surface area contributed by atoms with Gasteiger partial charge in [-0.1, -0.05) is 244 Å². The molecule has 318 valence electrons. The van der Waals surface area contributed by atoms with Crippen LogP contribution in [0.5, 0.6) is 0 Å². The summed E-state index contributed by atoms with van der Waals surface area (Å²) in [5.74, 6) is 1.94. The van der Waals surface area contributed by atoms with Crippen LogP contribution in [0.2, 0.25) is 0 Å². The van der Waals surface area contributed by atoms with Gasteiger partial charge in [0.25, 0.3) is 0 Å². The standard InChI is InChI=1S/C61H48N3OP/c65-66(55-22-7-2-8-23-55,56-24-9-3-10-25-56)57-38-34-47(35-39-57)51-20-15-21-54(43-51)61(40-13-4-14-41-61)53-36-32-49(33-37-53)59-62-58(48-29-26-46(27-30-48)44-16-5-1-6-17-44)63-60(64-59)52-31-28-45-18-11-12-19-50(45)42-52/h1-3,5-12,15-39,42-43H,4,13-14,40-41H2. The number of rotatable bonds is 10. The molecule has 0 amide bonds. The Morgan fingerprint density at radius 1 is 0.318 bits per heavy atom. The van der Waals surface area contributed by atoms with Gasteiger partial charge in [0.2, 0.25) is 0 Å². The van der Waals surface area contributed by atoms with Crippen LogP contribution < -0.4 is 15.9 Å². The second-order valence-electron chi connectivity index (χ2n) is 17.4. The van der Waals surface area contributed by atoms with Crippen molar-refractivity contribution in [3.05, 3.63) is 242 Å². The van der Waals surface area contributed by atoms with Gasteiger partial charge in [-0.3, -0.25) is 0 Å². The Bertz CT molecular complexity index is 3290. The lowest BCUT2D eigenvalue weighted by atomic mass is 9.65. The number of fused-ring (bicyclic) bond motifs is 1. The minimum absolute atomic E-state index is 0.135. The highest BCUT2D eigenvalue weighted by Gasteiger charge is 2.36. The molecule has 0 radical (unpaired) electrons. The molecule has 0 atom stereocenters. The fourth-order valence-corrected chi connectivity index (χ4v) is 12.6. The lowest BCUT2D eigenvalue weighted by Crippen LogP contribution is -2.30. The molecule has 0 unspecified atom stereocenters. The average molecular weight is 870 g/mol. The molecule has 1 aliphatic carbocycles. The summed E-state index contributed by atoms with van der Waals surface area (Å²) in [7, 11) is -3.07. The van der Waals surface area contributed by atoms with E-state index < -0.39 is 7.14 Å². The normalized spacial score (nSPS) is 13.6. The second-order valence-corrected chi connectivity index (χ2v) is 20.2. The number of nitrogens with zero attached hydrogens (tertiary/aromatic N) is 3. The van der Waals surface area contributed by atoms with Crippen LogP contribution in [0.4, 0.5) is 0 Å². The molecule has 66 heavy (non-hydrogen) atoms. The van der Waals surface area contributed by atoms with E-state index in [0.29, 0.717) is 17.5 Å². The largest absolute Gasteiger partial charge is 0.309 e. The molecule has 1 aliphatic rings. The third kappa shape index (κ3) is 7.89. The van der Waals surface area contributed by atoms with Crippen LogP contribution in [-0.2, 0) is 9.98 Å². The van der Waals surface area contributed by atoms with Crippen LogP contribution in [0.1, 0.15) is 43.2 Å². The van der Waals surface area contributed by atoms with Crippen molar-refractivity contribution < 1.29 is 4.57 Å². The summed E-state index contributed by atoms with van der Waals surface area (Å²) < 4.78 is 15.1. The molecule has 0 aliphatic heterocycles. The van der Waals surface area contributed by atoms with Gasteiger partial charge in [-0.25, -0.2) is 15.0 Å². The zero-order valence-electron chi connectivity index (χ0n) is 36.7. The van der Waals surface area contributed by atoms with Crippen LogP contribution in [0.25, 0.3) is 67.2 Å². The van der Waals surface area contributed by atoms with Crippen LogP contribution in [0, 0.1) is 0 Å². The van der Waals surface area contributed by atoms with Gasteiger partial charge in [-0.15, -0.1) is 0 Å². The van der Waals surface area contributed by atoms with Gasteiger partial charge in [-0.2, -0.15) is 0 Å². The highest BCUT2D eigenvalue weighted by Crippen LogP contribution is 2.47. The first-order valence-electron chi connectivity index (χ1n) is 23.0. The Morgan fingerprint density at radius 2 is 0.758 bits per heavy atom. The zero-order valence-corrected chi connectivity index (χ0v) is 37.6. The fraction of sp³-hybridized carbons (Fsp3) is 0.0984. The molecule has 1 aromatic heterocycles. The summed E-state index contributed by atoms with van der Waals surface area (Å²) in [5, 5.41) is 4.83. The topological polar surface area (TPSA) is 55.7 Å². The molecule has 1 fully saturated rings. The Morgan fingerprint density at radius 3 is 1.38 bits per heavy atom. The molecule has 0 spiro atoms. The third-order valence-corrected chi connectivity index (χ3v) is 16.6. The van der Waals surface area contributed by atoms with Crippen molar-refractivity contribution in [2.24, 2.45) is 0 Å². The smallest absolute Gasteiger partial charge is 0.171 e. The van der Waals surface area contributed by atoms with Gasteiger partial charge in [0.15, 0.2) is 24.6 Å². The van der Waals surface area contributed by atoms with E-state index in [1.165, 1.54) is 41.3 Å². The summed E-state index contributed by atoms with van der Waals surface area (Å²) in [6.07, 6.45) is 5.73. The van der Waals surface area contributed by atoms with E-state index in [1.54, 1.807) is 0 Å². The fourth-order valence-electron chi connectivity index (χ4n) is 9.95. The second kappa shape index (κ2) is 17.8. The maximum absolute atomic E-state index is 15.1. The molecule has 5 heteroatoms. The first kappa shape index (κ1) is 41.2. The van der Waals surface area contributed by atoms with Crippen LogP contribution in [-0.4, -0.2) is 15.0 Å². The van der Waals surface area contributed by atoms with Gasteiger partial charge in [0.1, 0.15) is 0 Å². The van der Waals surface area contributed by atoms with Crippen molar-refractivity contribution in [1.29, 1.82) is 0 Å². The predicted octanol–water partition coefficient (Wildman–Crippen LogP) is 14.2. The maximum atomic E-state index is 15.1. The van der Waals surface area contributed by atoms with E-state index >= 15 is 4.57 Å². The molecule has 11 rings (SSSR count). The minimum Gasteiger partial charge on any atom is -0.309 e. The van der Waals surface area contributed by atoms with Gasteiger partial charge >= 0.3 is 0 Å². The summed E-state index contributed by atoms with van der Waals surface area (Å²) in [6.45, 7) is 0. The van der Waals surface area contributed by atoms with E-state index in [-0.39, 0.29) is 5.41 Å². The monoisotopic (exact) mass is 869 g/mol. The summed E-state index contributed by atoms with van der Waals surface area (Å²) in [5.41, 5.74) is 9.93. The van der Waals surface area contributed by atoms with Crippen molar-refractivity contribution in [3.8, 4) is 56.4 Å². The molecule has 10 aromatic rings. The Hall–Kier alpha value is -7.52. The SMILES string of the molecule is O=P(c1ccccc1)(c1ccccc1)c1ccc(-c2cccc(C3(c4ccc(-c5nc(-c6ccc(-c7ccccc7)cc6)nc(-c6ccc7ccccc7c6)n5)cc4)CCCCC3)c2)cc1. The van der Waals surface area contributed by atoms with E-state index in [9.17, 15) is 0 Å². The lowest BCUT2D eigenvalue weighted by Gasteiger charge is -2.39. The van der Waals surface area contributed by atoms with Gasteiger partial charge in [0, 0.05) is 38.0 Å². The number of hydrogen-bond donors (Lipinski definition) is 0. The predicted molar refractivity (Wildman–Crippen MR) is 274 cm³/mol. The van der Waals surface area contributed by atoms with E-state index in [2.05, 4.69) is 164 Å². The minimum atomic E-state index is -3.07. The molecule has 1 saturated carbocycles. The summed E-state index contributed by atoms with van der Waals surface area (Å²) >= 11 is 0. The zero-order chi connectivity index (χ0) is 44.3. The first-order chi connectivity index (χ1) is 32.5. The van der Waals surface area contributed by atoms with Crippen molar-refractivity contribution >= 4 is 33.8 Å². The molecule has 4 nitrogen and oxygen atoms in total. The van der Waals surface area contributed by atoms with Crippen molar-refractivity contribution in [1.82, 2.24) is 15.0 Å². The summed E-state index contributed by atoms with van der Waals surface area (Å²) in [4.78, 5) is 15.4. The number of hydrogen-bond acceptors (Lipinski definition) is 4.